The molecular weight excluding hydrogens is 276 g/mol. The Bertz CT molecular complexity index is 344. The van der Waals surface area contributed by atoms with E-state index in [0.717, 1.165) is 32.8 Å². The van der Waals surface area contributed by atoms with Crippen molar-refractivity contribution in [3.05, 3.63) is 0 Å². The predicted octanol–water partition coefficient (Wildman–Crippen LogP) is -2.99. The number of nitrogens with zero attached hydrogens (tertiary/aromatic N) is 1. The summed E-state index contributed by atoms with van der Waals surface area (Å²) in [5.74, 6) is 0. The van der Waals surface area contributed by atoms with Crippen LogP contribution in [0.15, 0.2) is 0 Å². The summed E-state index contributed by atoms with van der Waals surface area (Å²) in [5, 5.41) is 9.55. The summed E-state index contributed by atoms with van der Waals surface area (Å²) >= 11 is 0. The number of morpholine rings is 1. The van der Waals surface area contributed by atoms with E-state index in [0.29, 0.717) is 10.9 Å². The zero-order chi connectivity index (χ0) is 14.3. The molecule has 0 amide bonds. The summed E-state index contributed by atoms with van der Waals surface area (Å²) < 4.78 is 41.3. The van der Waals surface area contributed by atoms with Gasteiger partial charge in [0.15, 0.2) is 0 Å². The Morgan fingerprint density at radius 3 is 2.63 bits per heavy atom. The Morgan fingerprint density at radius 1 is 1.42 bits per heavy atom. The van der Waals surface area contributed by atoms with Crippen molar-refractivity contribution in [1.82, 2.24) is 4.31 Å². The number of nitrogens with one attached hydrogen (secondary N) is 1. The van der Waals surface area contributed by atoms with Crippen LogP contribution in [0.1, 0.15) is 0 Å². The van der Waals surface area contributed by atoms with Crippen LogP contribution in [0.4, 0.5) is 0 Å². The van der Waals surface area contributed by atoms with Gasteiger partial charge in [-0.05, 0) is 0 Å². The summed E-state index contributed by atoms with van der Waals surface area (Å²) in [6.07, 6.45) is -0.952. The van der Waals surface area contributed by atoms with Crippen molar-refractivity contribution in [3.8, 4) is 0 Å². The molecule has 1 atom stereocenters. The molecule has 0 bridgehead atoms. The minimum atomic E-state index is -4.25. The van der Waals surface area contributed by atoms with Gasteiger partial charge >= 0.3 is 10.3 Å². The van der Waals surface area contributed by atoms with Gasteiger partial charge in [0.25, 0.3) is 0 Å². The molecule has 1 aliphatic rings. The number of hydrogen-bond donors (Lipinski definition) is 3. The molecular formula is C10H23N2O6S+. The van der Waals surface area contributed by atoms with Gasteiger partial charge in [0.2, 0.25) is 0 Å². The third-order valence-electron chi connectivity index (χ3n) is 2.97. The molecule has 0 aromatic rings. The van der Waals surface area contributed by atoms with E-state index in [1.807, 2.05) is 0 Å². The molecule has 1 fully saturated rings. The number of likely N-dealkylation sites (N-methyl/N-ethyl adjacent to an activating group) is 1. The summed E-state index contributed by atoms with van der Waals surface area (Å²) in [5.41, 5.74) is 0. The maximum absolute atomic E-state index is 10.7. The van der Waals surface area contributed by atoms with E-state index in [1.165, 1.54) is 11.9 Å². The summed E-state index contributed by atoms with van der Waals surface area (Å²) in [6, 6.07) is 0. The molecule has 1 saturated heterocycles. The molecule has 0 aromatic heterocycles. The maximum atomic E-state index is 10.7. The van der Waals surface area contributed by atoms with E-state index in [4.69, 9.17) is 14.0 Å². The quantitative estimate of drug-likeness (QED) is 0.326. The van der Waals surface area contributed by atoms with Crippen molar-refractivity contribution >= 4 is 10.3 Å². The highest BCUT2D eigenvalue weighted by Gasteiger charge is 2.18. The van der Waals surface area contributed by atoms with Gasteiger partial charge in [-0.2, -0.15) is 12.7 Å². The van der Waals surface area contributed by atoms with E-state index in [-0.39, 0.29) is 13.2 Å². The molecule has 1 rings (SSSR count). The van der Waals surface area contributed by atoms with Crippen LogP contribution in [0.2, 0.25) is 0 Å². The first-order valence-corrected chi connectivity index (χ1v) is 7.65. The molecule has 8 nitrogen and oxygen atoms in total. The van der Waals surface area contributed by atoms with Crippen LogP contribution in [-0.4, -0.2) is 88.1 Å². The summed E-state index contributed by atoms with van der Waals surface area (Å²) in [6.45, 7) is 4.63. The van der Waals surface area contributed by atoms with Crippen molar-refractivity contribution in [2.24, 2.45) is 0 Å². The van der Waals surface area contributed by atoms with E-state index in [2.05, 4.69) is 0 Å². The number of hydrogen-bond acceptors (Lipinski definition) is 5. The van der Waals surface area contributed by atoms with E-state index in [9.17, 15) is 13.5 Å². The number of aliphatic hydroxyl groups excluding tert-OH is 1. The molecule has 0 aromatic carbocycles. The third kappa shape index (κ3) is 7.16. The van der Waals surface area contributed by atoms with Gasteiger partial charge in [-0.3, -0.25) is 4.55 Å². The normalized spacial score (nSPS) is 19.8. The fourth-order valence-corrected chi connectivity index (χ4v) is 2.15. The second kappa shape index (κ2) is 8.10. The summed E-state index contributed by atoms with van der Waals surface area (Å²) in [4.78, 5) is 1.40. The van der Waals surface area contributed by atoms with Gasteiger partial charge in [-0.1, -0.05) is 0 Å². The number of ether oxygens (including phenoxy) is 2. The first kappa shape index (κ1) is 16.8. The van der Waals surface area contributed by atoms with Gasteiger partial charge < -0.3 is 19.5 Å². The Hall–Kier alpha value is -0.290. The molecule has 0 unspecified atom stereocenters. The highest BCUT2D eigenvalue weighted by atomic mass is 32.2. The molecule has 1 heterocycles. The highest BCUT2D eigenvalue weighted by Crippen LogP contribution is 1.96. The average molecular weight is 299 g/mol. The minimum Gasteiger partial charge on any atom is -0.389 e. The molecule has 0 radical (unpaired) electrons. The monoisotopic (exact) mass is 299 g/mol. The van der Waals surface area contributed by atoms with Gasteiger partial charge in [0.05, 0.1) is 32.5 Å². The lowest BCUT2D eigenvalue weighted by Gasteiger charge is -2.24. The Kier molecular flexibility index (Phi) is 7.15. The maximum Gasteiger partial charge on any atom is 0.335 e. The molecule has 0 spiro atoms. The highest BCUT2D eigenvalue weighted by molar-refractivity contribution is 7.83. The zero-order valence-corrected chi connectivity index (χ0v) is 11.9. The lowest BCUT2D eigenvalue weighted by atomic mass is 10.4. The second-order valence-electron chi connectivity index (χ2n) is 4.60. The Morgan fingerprint density at radius 2 is 2.05 bits per heavy atom. The second-order valence-corrected chi connectivity index (χ2v) is 6.12. The lowest BCUT2D eigenvalue weighted by molar-refractivity contribution is -0.908. The van der Waals surface area contributed by atoms with E-state index in [1.54, 1.807) is 0 Å². The van der Waals surface area contributed by atoms with Gasteiger partial charge in [0.1, 0.15) is 19.6 Å². The number of quaternary nitrogens is 1. The van der Waals surface area contributed by atoms with Gasteiger partial charge in [-0.25, -0.2) is 0 Å². The topological polar surface area (TPSA) is 101 Å². The van der Waals surface area contributed by atoms with Crippen molar-refractivity contribution in [1.29, 1.82) is 0 Å². The molecule has 114 valence electrons. The largest absolute Gasteiger partial charge is 0.389 e. The fraction of sp³-hybridized carbons (Fsp3) is 1.00. The van der Waals surface area contributed by atoms with E-state index >= 15 is 0 Å². The lowest BCUT2D eigenvalue weighted by Crippen LogP contribution is -3.14. The predicted molar refractivity (Wildman–Crippen MR) is 67.4 cm³/mol. The zero-order valence-electron chi connectivity index (χ0n) is 11.1. The fourth-order valence-electron chi connectivity index (χ4n) is 1.79. The van der Waals surface area contributed by atoms with Crippen LogP contribution in [0.3, 0.4) is 0 Å². The van der Waals surface area contributed by atoms with Crippen molar-refractivity contribution in [2.45, 2.75) is 6.10 Å². The molecule has 3 N–H and O–H groups in total. The molecule has 9 heteroatoms. The van der Waals surface area contributed by atoms with Crippen molar-refractivity contribution < 1.29 is 32.5 Å². The third-order valence-corrected chi connectivity index (χ3v) is 3.91. The first-order chi connectivity index (χ1) is 8.89. The number of rotatable bonds is 8. The van der Waals surface area contributed by atoms with Crippen LogP contribution < -0.4 is 4.90 Å². The van der Waals surface area contributed by atoms with Crippen molar-refractivity contribution in [2.75, 3.05) is 59.7 Å². The summed E-state index contributed by atoms with van der Waals surface area (Å²) in [7, 11) is -3.05. The molecule has 0 aliphatic carbocycles. The molecule has 1 aliphatic heterocycles. The smallest absolute Gasteiger partial charge is 0.335 e. The molecule has 0 saturated carbocycles. The average Bonchev–Trinajstić information content (AvgIpc) is 2.35. The van der Waals surface area contributed by atoms with Crippen LogP contribution in [0.25, 0.3) is 0 Å². The van der Waals surface area contributed by atoms with Crippen LogP contribution in [0, 0.1) is 0 Å². The SMILES string of the molecule is CN(C[C@@H](O)COCC[NH+]1CCOCC1)S(=O)(=O)O. The van der Waals surface area contributed by atoms with Crippen molar-refractivity contribution in [3.63, 3.8) is 0 Å². The van der Waals surface area contributed by atoms with Crippen LogP contribution >= 0.6 is 0 Å². The standard InChI is InChI=1S/C10H22N2O6S/c1-11(19(14,15)16)8-10(13)9-18-7-4-12-2-5-17-6-3-12/h10,13H,2-9H2,1H3,(H,14,15,16)/p+1/t10-/m1/s1. The minimum absolute atomic E-state index is 0.0453. The van der Waals surface area contributed by atoms with Gasteiger partial charge in [-0.15, -0.1) is 0 Å². The number of aliphatic hydroxyl groups is 1. The Balaban J connectivity index is 2.08. The van der Waals surface area contributed by atoms with Gasteiger partial charge in [0, 0.05) is 13.6 Å². The van der Waals surface area contributed by atoms with Crippen LogP contribution in [-0.2, 0) is 19.8 Å². The van der Waals surface area contributed by atoms with E-state index < -0.39 is 16.4 Å². The van der Waals surface area contributed by atoms with Crippen LogP contribution in [0.5, 0.6) is 0 Å². The first-order valence-electron chi connectivity index (χ1n) is 6.25. The molecule has 19 heavy (non-hydrogen) atoms. The Labute approximate surface area is 113 Å².